The molecular weight excluding hydrogens is 386 g/mol. The normalized spacial score (nSPS) is 11.8. The van der Waals surface area contributed by atoms with E-state index in [1.165, 1.54) is 0 Å². The summed E-state index contributed by atoms with van der Waals surface area (Å²) in [6, 6.07) is 22.5. The maximum Gasteiger partial charge on any atom is 0.165 e. The molecule has 0 aliphatic rings. The third kappa shape index (κ3) is 4.18. The SMILES string of the molecule is CCC(N)CNc1nc(-c2cc(-c3ccccc3C#N)ccc2O)nc2ccccc12. The molecule has 0 bridgehead atoms. The van der Waals surface area contributed by atoms with Crippen LogP contribution >= 0.6 is 0 Å². The monoisotopic (exact) mass is 409 g/mol. The lowest BCUT2D eigenvalue weighted by atomic mass is 9.98. The third-order valence-electron chi connectivity index (χ3n) is 5.26. The maximum absolute atomic E-state index is 10.6. The van der Waals surface area contributed by atoms with Crippen LogP contribution in [0.5, 0.6) is 5.75 Å². The number of nitrogens with zero attached hydrogens (tertiary/aromatic N) is 3. The molecule has 0 radical (unpaired) electrons. The number of hydrogen-bond acceptors (Lipinski definition) is 6. The van der Waals surface area contributed by atoms with Gasteiger partial charge in [0.25, 0.3) is 0 Å². The highest BCUT2D eigenvalue weighted by Gasteiger charge is 2.15. The Labute approximate surface area is 181 Å². The van der Waals surface area contributed by atoms with Gasteiger partial charge in [0.05, 0.1) is 22.7 Å². The molecule has 4 rings (SSSR count). The summed E-state index contributed by atoms with van der Waals surface area (Å²) >= 11 is 0. The van der Waals surface area contributed by atoms with Crippen molar-refractivity contribution in [2.45, 2.75) is 19.4 Å². The second-order valence-corrected chi connectivity index (χ2v) is 7.35. The molecule has 0 amide bonds. The van der Waals surface area contributed by atoms with Crippen molar-refractivity contribution >= 4 is 16.7 Å². The number of anilines is 1. The fourth-order valence-electron chi connectivity index (χ4n) is 3.42. The molecule has 0 saturated carbocycles. The predicted octanol–water partition coefficient (Wildman–Crippen LogP) is 4.69. The Bertz CT molecular complexity index is 1280. The van der Waals surface area contributed by atoms with Gasteiger partial charge in [-0.15, -0.1) is 0 Å². The van der Waals surface area contributed by atoms with Gasteiger partial charge in [0.15, 0.2) is 5.82 Å². The first-order valence-corrected chi connectivity index (χ1v) is 10.2. The van der Waals surface area contributed by atoms with Gasteiger partial charge in [-0.3, -0.25) is 0 Å². The molecule has 1 atom stereocenters. The standard InChI is InChI=1S/C25H23N5O/c1-2-18(27)15-28-24-20-9-5-6-10-22(20)29-25(30-24)21-13-16(11-12-23(21)31)19-8-4-3-7-17(19)14-26/h3-13,18,31H,2,15,27H2,1H3,(H,28,29,30). The van der Waals surface area contributed by atoms with Crippen LogP contribution in [0.1, 0.15) is 18.9 Å². The molecule has 0 aliphatic heterocycles. The lowest BCUT2D eigenvalue weighted by molar-refractivity contribution is 0.477. The molecule has 4 N–H and O–H groups in total. The largest absolute Gasteiger partial charge is 0.507 e. The zero-order chi connectivity index (χ0) is 21.8. The molecule has 0 saturated heterocycles. The van der Waals surface area contributed by atoms with Crippen molar-refractivity contribution in [3.8, 4) is 34.3 Å². The number of phenolic OH excluding ortho intramolecular Hbond substituents is 1. The zero-order valence-corrected chi connectivity index (χ0v) is 17.2. The Balaban J connectivity index is 1.84. The van der Waals surface area contributed by atoms with E-state index in [1.54, 1.807) is 18.2 Å². The van der Waals surface area contributed by atoms with Crippen molar-refractivity contribution in [2.24, 2.45) is 5.73 Å². The van der Waals surface area contributed by atoms with Gasteiger partial charge in [0, 0.05) is 18.0 Å². The van der Waals surface area contributed by atoms with Crippen LogP contribution in [-0.4, -0.2) is 27.7 Å². The quantitative estimate of drug-likeness (QED) is 0.426. The van der Waals surface area contributed by atoms with Gasteiger partial charge in [-0.05, 0) is 47.9 Å². The van der Waals surface area contributed by atoms with Crippen molar-refractivity contribution in [2.75, 3.05) is 11.9 Å². The first-order valence-electron chi connectivity index (χ1n) is 10.2. The maximum atomic E-state index is 10.6. The van der Waals surface area contributed by atoms with Crippen molar-refractivity contribution in [3.63, 3.8) is 0 Å². The number of nitriles is 1. The predicted molar refractivity (Wildman–Crippen MR) is 124 cm³/mol. The van der Waals surface area contributed by atoms with Crippen LogP contribution in [0.25, 0.3) is 33.4 Å². The number of aromatic nitrogens is 2. The Morgan fingerprint density at radius 2 is 1.81 bits per heavy atom. The average Bonchev–Trinajstić information content (AvgIpc) is 2.82. The fraction of sp³-hybridized carbons (Fsp3) is 0.160. The van der Waals surface area contributed by atoms with E-state index in [9.17, 15) is 10.4 Å². The second kappa shape index (κ2) is 8.82. The first kappa shape index (κ1) is 20.3. The number of phenols is 1. The number of rotatable bonds is 6. The van der Waals surface area contributed by atoms with Crippen LogP contribution in [0.4, 0.5) is 5.82 Å². The smallest absolute Gasteiger partial charge is 0.165 e. The molecule has 0 aliphatic carbocycles. The second-order valence-electron chi connectivity index (χ2n) is 7.35. The van der Waals surface area contributed by atoms with Crippen LogP contribution in [0, 0.1) is 11.3 Å². The summed E-state index contributed by atoms with van der Waals surface area (Å²) in [5, 5.41) is 24.3. The first-order chi connectivity index (χ1) is 15.1. The molecule has 4 aromatic rings. The summed E-state index contributed by atoms with van der Waals surface area (Å²) in [4.78, 5) is 9.40. The molecular formula is C25H23N5O. The van der Waals surface area contributed by atoms with Crippen LogP contribution < -0.4 is 11.1 Å². The van der Waals surface area contributed by atoms with Crippen LogP contribution in [0.3, 0.4) is 0 Å². The van der Waals surface area contributed by atoms with E-state index < -0.39 is 0 Å². The Kier molecular flexibility index (Phi) is 5.78. The summed E-state index contributed by atoms with van der Waals surface area (Å²) in [5.41, 5.74) is 9.51. The molecule has 6 nitrogen and oxygen atoms in total. The molecule has 154 valence electrons. The summed E-state index contributed by atoms with van der Waals surface area (Å²) in [6.45, 7) is 2.62. The highest BCUT2D eigenvalue weighted by atomic mass is 16.3. The van der Waals surface area contributed by atoms with Gasteiger partial charge in [-0.1, -0.05) is 43.3 Å². The number of nitrogens with one attached hydrogen (secondary N) is 1. The van der Waals surface area contributed by atoms with Gasteiger partial charge < -0.3 is 16.2 Å². The molecule has 1 heterocycles. The molecule has 0 fully saturated rings. The highest BCUT2D eigenvalue weighted by Crippen LogP contribution is 2.34. The van der Waals surface area contributed by atoms with E-state index in [0.717, 1.165) is 28.5 Å². The van der Waals surface area contributed by atoms with Gasteiger partial charge in [-0.2, -0.15) is 5.26 Å². The number of para-hydroxylation sites is 1. The van der Waals surface area contributed by atoms with Crippen LogP contribution in [0.15, 0.2) is 66.7 Å². The number of hydrogen-bond donors (Lipinski definition) is 3. The van der Waals surface area contributed by atoms with E-state index in [0.29, 0.717) is 29.3 Å². The van der Waals surface area contributed by atoms with Crippen LogP contribution in [0.2, 0.25) is 0 Å². The van der Waals surface area contributed by atoms with E-state index in [-0.39, 0.29) is 11.8 Å². The zero-order valence-electron chi connectivity index (χ0n) is 17.2. The molecule has 1 unspecified atom stereocenters. The van der Waals surface area contributed by atoms with E-state index in [2.05, 4.69) is 16.4 Å². The van der Waals surface area contributed by atoms with Crippen molar-refractivity contribution in [3.05, 3.63) is 72.3 Å². The summed E-state index contributed by atoms with van der Waals surface area (Å²) in [5.74, 6) is 1.15. The number of fused-ring (bicyclic) bond motifs is 1. The fourth-order valence-corrected chi connectivity index (χ4v) is 3.42. The summed E-state index contributed by atoms with van der Waals surface area (Å²) < 4.78 is 0. The topological polar surface area (TPSA) is 108 Å². The molecule has 0 spiro atoms. The molecule has 31 heavy (non-hydrogen) atoms. The Morgan fingerprint density at radius 3 is 2.61 bits per heavy atom. The molecule has 1 aromatic heterocycles. The Hall–Kier alpha value is -3.95. The summed E-state index contributed by atoms with van der Waals surface area (Å²) in [7, 11) is 0. The average molecular weight is 409 g/mol. The van der Waals surface area contributed by atoms with Crippen molar-refractivity contribution in [1.82, 2.24) is 9.97 Å². The minimum Gasteiger partial charge on any atom is -0.507 e. The molecule has 3 aromatic carbocycles. The van der Waals surface area contributed by atoms with E-state index in [4.69, 9.17) is 10.7 Å². The van der Waals surface area contributed by atoms with Crippen LogP contribution in [-0.2, 0) is 0 Å². The van der Waals surface area contributed by atoms with Gasteiger partial charge in [-0.25, -0.2) is 9.97 Å². The minimum atomic E-state index is 0.0105. The van der Waals surface area contributed by atoms with Crippen molar-refractivity contribution < 1.29 is 5.11 Å². The Morgan fingerprint density at radius 1 is 1.03 bits per heavy atom. The van der Waals surface area contributed by atoms with Gasteiger partial charge in [0.1, 0.15) is 11.6 Å². The van der Waals surface area contributed by atoms with Gasteiger partial charge >= 0.3 is 0 Å². The number of benzene rings is 3. The number of aromatic hydroxyl groups is 1. The minimum absolute atomic E-state index is 0.0105. The number of nitrogens with two attached hydrogens (primary N) is 1. The van der Waals surface area contributed by atoms with E-state index in [1.807, 2.05) is 55.5 Å². The third-order valence-corrected chi connectivity index (χ3v) is 5.26. The van der Waals surface area contributed by atoms with Gasteiger partial charge in [0.2, 0.25) is 0 Å². The lowest BCUT2D eigenvalue weighted by Gasteiger charge is -2.15. The van der Waals surface area contributed by atoms with E-state index >= 15 is 0 Å². The lowest BCUT2D eigenvalue weighted by Crippen LogP contribution is -2.28. The highest BCUT2D eigenvalue weighted by molar-refractivity contribution is 5.91. The van der Waals surface area contributed by atoms with Crippen molar-refractivity contribution in [1.29, 1.82) is 5.26 Å². The molecule has 6 heteroatoms. The summed E-state index contributed by atoms with van der Waals surface area (Å²) in [6.07, 6.45) is 0.851.